The predicted molar refractivity (Wildman–Crippen MR) is 66.9 cm³/mol. The van der Waals surface area contributed by atoms with Crippen molar-refractivity contribution in [1.29, 1.82) is 0 Å². The van der Waals surface area contributed by atoms with Gasteiger partial charge in [0.1, 0.15) is 0 Å². The Bertz CT molecular complexity index is 367. The van der Waals surface area contributed by atoms with Crippen LogP contribution < -0.4 is 14.8 Å². The van der Waals surface area contributed by atoms with Crippen LogP contribution >= 0.6 is 11.6 Å². The first-order valence-electron chi connectivity index (χ1n) is 5.20. The van der Waals surface area contributed by atoms with Crippen LogP contribution in [0.4, 0.5) is 0 Å². The molecule has 0 radical (unpaired) electrons. The van der Waals surface area contributed by atoms with Crippen LogP contribution in [0.5, 0.6) is 11.5 Å². The maximum atomic E-state index is 6.10. The average Bonchev–Trinajstić information content (AvgIpc) is 2.27. The second kappa shape index (κ2) is 5.97. The van der Waals surface area contributed by atoms with E-state index in [0.717, 1.165) is 29.8 Å². The molecule has 0 fully saturated rings. The van der Waals surface area contributed by atoms with E-state index in [1.807, 2.05) is 20.0 Å². The molecule has 1 aromatic carbocycles. The molecule has 4 heteroatoms. The molecule has 0 atom stereocenters. The van der Waals surface area contributed by atoms with Crippen molar-refractivity contribution in [1.82, 2.24) is 5.32 Å². The first kappa shape index (κ1) is 13.1. The molecule has 0 aliphatic rings. The van der Waals surface area contributed by atoms with Gasteiger partial charge in [0.25, 0.3) is 0 Å². The second-order valence-corrected chi connectivity index (χ2v) is 3.98. The fourth-order valence-corrected chi connectivity index (χ4v) is 2.06. The highest BCUT2D eigenvalue weighted by molar-refractivity contribution is 6.32. The van der Waals surface area contributed by atoms with Crippen LogP contribution in [0.25, 0.3) is 0 Å². The molecule has 0 spiro atoms. The molecule has 3 nitrogen and oxygen atoms in total. The Labute approximate surface area is 102 Å². The van der Waals surface area contributed by atoms with E-state index in [4.69, 9.17) is 21.1 Å². The lowest BCUT2D eigenvalue weighted by molar-refractivity contribution is 0.351. The molecule has 0 saturated heterocycles. The van der Waals surface area contributed by atoms with Crippen LogP contribution in [0.2, 0.25) is 5.02 Å². The second-order valence-electron chi connectivity index (χ2n) is 3.57. The van der Waals surface area contributed by atoms with Crippen molar-refractivity contribution < 1.29 is 9.47 Å². The molecule has 90 valence electrons. The molecule has 0 bridgehead atoms. The average molecular weight is 244 g/mol. The van der Waals surface area contributed by atoms with Gasteiger partial charge in [0.15, 0.2) is 11.5 Å². The van der Waals surface area contributed by atoms with Crippen molar-refractivity contribution in [3.63, 3.8) is 0 Å². The van der Waals surface area contributed by atoms with Gasteiger partial charge in [0.05, 0.1) is 19.2 Å². The normalized spacial score (nSPS) is 10.3. The van der Waals surface area contributed by atoms with E-state index >= 15 is 0 Å². The van der Waals surface area contributed by atoms with Gasteiger partial charge in [-0.05, 0) is 38.6 Å². The third-order valence-corrected chi connectivity index (χ3v) is 2.83. The predicted octanol–water partition coefficient (Wildman–Crippen LogP) is 2.43. The van der Waals surface area contributed by atoms with Gasteiger partial charge < -0.3 is 14.8 Å². The summed E-state index contributed by atoms with van der Waals surface area (Å²) >= 11 is 6.10. The lowest BCUT2D eigenvalue weighted by Crippen LogP contribution is -2.12. The number of ether oxygens (including phenoxy) is 2. The molecule has 1 aromatic rings. The highest BCUT2D eigenvalue weighted by Gasteiger charge is 2.16. The summed E-state index contributed by atoms with van der Waals surface area (Å²) in [6.45, 7) is 2.92. The Balaban J connectivity index is 3.22. The number of aryl methyl sites for hydroxylation is 1. The zero-order chi connectivity index (χ0) is 12.1. The summed E-state index contributed by atoms with van der Waals surface area (Å²) < 4.78 is 10.7. The summed E-state index contributed by atoms with van der Waals surface area (Å²) in [4.78, 5) is 0. The molecule has 0 aliphatic heterocycles. The largest absolute Gasteiger partial charge is 0.493 e. The van der Waals surface area contributed by atoms with E-state index in [2.05, 4.69) is 5.32 Å². The lowest BCUT2D eigenvalue weighted by atomic mass is 10.0. The van der Waals surface area contributed by atoms with E-state index in [1.165, 1.54) is 0 Å². The van der Waals surface area contributed by atoms with Crippen molar-refractivity contribution in [2.45, 2.75) is 13.3 Å². The van der Waals surface area contributed by atoms with Crippen LogP contribution in [0.15, 0.2) is 6.07 Å². The molecule has 1 rings (SSSR count). The molecule has 0 saturated carbocycles. The zero-order valence-corrected chi connectivity index (χ0v) is 10.9. The summed E-state index contributed by atoms with van der Waals surface area (Å²) in [6, 6.07) is 1.91. The summed E-state index contributed by atoms with van der Waals surface area (Å²) in [5.74, 6) is 1.35. The Morgan fingerprint density at radius 3 is 2.38 bits per heavy atom. The smallest absolute Gasteiger partial charge is 0.179 e. The maximum absolute atomic E-state index is 6.10. The standard InChI is InChI=1S/C12H18ClNO2/c1-8-7-10(13)12(16-4)11(15-3)9(8)5-6-14-2/h7,14H,5-6H2,1-4H3. The van der Waals surface area contributed by atoms with E-state index in [0.29, 0.717) is 10.8 Å². The summed E-state index contributed by atoms with van der Waals surface area (Å²) in [5, 5.41) is 3.71. The van der Waals surface area contributed by atoms with Gasteiger partial charge in [0.2, 0.25) is 0 Å². The maximum Gasteiger partial charge on any atom is 0.179 e. The number of benzene rings is 1. The third kappa shape index (κ3) is 2.60. The lowest BCUT2D eigenvalue weighted by Gasteiger charge is -2.16. The molecule has 16 heavy (non-hydrogen) atoms. The fourth-order valence-electron chi connectivity index (χ4n) is 1.73. The van der Waals surface area contributed by atoms with Gasteiger partial charge in [-0.3, -0.25) is 0 Å². The van der Waals surface area contributed by atoms with E-state index < -0.39 is 0 Å². The topological polar surface area (TPSA) is 30.5 Å². The molecule has 0 amide bonds. The number of rotatable bonds is 5. The Hall–Kier alpha value is -0.930. The van der Waals surface area contributed by atoms with Gasteiger partial charge in [-0.2, -0.15) is 0 Å². The summed E-state index contributed by atoms with van der Waals surface area (Å²) in [5.41, 5.74) is 2.26. The summed E-state index contributed by atoms with van der Waals surface area (Å²) in [6.07, 6.45) is 0.888. The minimum absolute atomic E-state index is 0.588. The van der Waals surface area contributed by atoms with Crippen molar-refractivity contribution in [3.05, 3.63) is 22.2 Å². The van der Waals surface area contributed by atoms with Crippen LogP contribution in [0.1, 0.15) is 11.1 Å². The number of hydrogen-bond acceptors (Lipinski definition) is 3. The van der Waals surface area contributed by atoms with Gasteiger partial charge >= 0.3 is 0 Å². The molecular formula is C12H18ClNO2. The van der Waals surface area contributed by atoms with Crippen molar-refractivity contribution in [2.24, 2.45) is 0 Å². The number of nitrogens with one attached hydrogen (secondary N) is 1. The van der Waals surface area contributed by atoms with Crippen LogP contribution in [-0.2, 0) is 6.42 Å². The zero-order valence-electron chi connectivity index (χ0n) is 10.2. The summed E-state index contributed by atoms with van der Waals surface area (Å²) in [7, 11) is 5.16. The number of likely N-dealkylation sites (N-methyl/N-ethyl adjacent to an activating group) is 1. The Morgan fingerprint density at radius 1 is 1.25 bits per heavy atom. The first-order chi connectivity index (χ1) is 7.65. The molecular weight excluding hydrogens is 226 g/mol. The van der Waals surface area contributed by atoms with E-state index in [1.54, 1.807) is 14.2 Å². The van der Waals surface area contributed by atoms with Gasteiger partial charge in [-0.1, -0.05) is 11.6 Å². The first-order valence-corrected chi connectivity index (χ1v) is 5.58. The fraction of sp³-hybridized carbons (Fsp3) is 0.500. The van der Waals surface area contributed by atoms with Gasteiger partial charge in [-0.25, -0.2) is 0 Å². The highest BCUT2D eigenvalue weighted by atomic mass is 35.5. The third-order valence-electron chi connectivity index (χ3n) is 2.55. The Morgan fingerprint density at radius 2 is 1.88 bits per heavy atom. The molecule has 0 aromatic heterocycles. The quantitative estimate of drug-likeness (QED) is 0.862. The van der Waals surface area contributed by atoms with Crippen LogP contribution in [0.3, 0.4) is 0 Å². The molecule has 0 unspecified atom stereocenters. The SMILES string of the molecule is CNCCc1c(C)cc(Cl)c(OC)c1OC. The van der Waals surface area contributed by atoms with Crippen LogP contribution in [-0.4, -0.2) is 27.8 Å². The minimum Gasteiger partial charge on any atom is -0.493 e. The minimum atomic E-state index is 0.588. The van der Waals surface area contributed by atoms with E-state index in [9.17, 15) is 0 Å². The van der Waals surface area contributed by atoms with E-state index in [-0.39, 0.29) is 0 Å². The van der Waals surface area contributed by atoms with Crippen LogP contribution in [0, 0.1) is 6.92 Å². The number of halogens is 1. The molecule has 0 heterocycles. The molecule has 1 N–H and O–H groups in total. The molecule has 0 aliphatic carbocycles. The highest BCUT2D eigenvalue weighted by Crippen LogP contribution is 2.39. The van der Waals surface area contributed by atoms with Gasteiger partial charge in [-0.15, -0.1) is 0 Å². The van der Waals surface area contributed by atoms with Crippen molar-refractivity contribution >= 4 is 11.6 Å². The Kier molecular flexibility index (Phi) is 4.90. The number of methoxy groups -OCH3 is 2. The van der Waals surface area contributed by atoms with Gasteiger partial charge in [0, 0.05) is 5.56 Å². The monoisotopic (exact) mass is 243 g/mol. The van der Waals surface area contributed by atoms with Crippen molar-refractivity contribution in [2.75, 3.05) is 27.8 Å². The van der Waals surface area contributed by atoms with Crippen molar-refractivity contribution in [3.8, 4) is 11.5 Å². The number of hydrogen-bond donors (Lipinski definition) is 1.